The summed E-state index contributed by atoms with van der Waals surface area (Å²) in [6, 6.07) is 4.96. The number of carbonyl (C=O) groups excluding carboxylic acids is 2. The normalized spacial score (nSPS) is 11.2. The molecule has 1 amide bonds. The van der Waals surface area contributed by atoms with Crippen LogP contribution in [0.2, 0.25) is 0 Å². The van der Waals surface area contributed by atoms with Crippen molar-refractivity contribution < 1.29 is 19.1 Å². The smallest absolute Gasteiger partial charge is 0.341 e. The molecule has 0 saturated heterocycles. The van der Waals surface area contributed by atoms with Crippen LogP contribution in [0.1, 0.15) is 45.0 Å². The zero-order chi connectivity index (χ0) is 16.9. The number of esters is 1. The standard InChI is InChI=1S/C17H25NO4/c1-11(2)10-22-14-8-7-12(9-13(14)15(19)21-6)18-16(20)17(3,4)5/h7-9,11H,10H2,1-6H3,(H,18,20). The predicted octanol–water partition coefficient (Wildman–Crippen LogP) is 3.49. The van der Waals surface area contributed by atoms with Crippen LogP contribution in [0.25, 0.3) is 0 Å². The van der Waals surface area contributed by atoms with E-state index in [9.17, 15) is 9.59 Å². The Balaban J connectivity index is 3.04. The summed E-state index contributed by atoms with van der Waals surface area (Å²) in [6.07, 6.45) is 0. The van der Waals surface area contributed by atoms with Gasteiger partial charge in [-0.05, 0) is 24.1 Å². The van der Waals surface area contributed by atoms with E-state index in [4.69, 9.17) is 9.47 Å². The minimum Gasteiger partial charge on any atom is -0.492 e. The Bertz CT molecular complexity index is 544. The Kier molecular flexibility index (Phi) is 5.97. The van der Waals surface area contributed by atoms with Gasteiger partial charge in [-0.1, -0.05) is 34.6 Å². The first kappa shape index (κ1) is 18.0. The predicted molar refractivity (Wildman–Crippen MR) is 86.2 cm³/mol. The first-order chi connectivity index (χ1) is 10.1. The van der Waals surface area contributed by atoms with Crippen molar-refractivity contribution in [3.8, 4) is 5.75 Å². The van der Waals surface area contributed by atoms with Gasteiger partial charge in [0.05, 0.1) is 13.7 Å². The fraction of sp³-hybridized carbons (Fsp3) is 0.529. The molecule has 0 radical (unpaired) electrons. The third kappa shape index (κ3) is 5.06. The molecule has 0 aliphatic carbocycles. The second kappa shape index (κ2) is 7.29. The fourth-order valence-electron chi connectivity index (χ4n) is 1.58. The maximum absolute atomic E-state index is 12.0. The summed E-state index contributed by atoms with van der Waals surface area (Å²) < 4.78 is 10.4. The highest BCUT2D eigenvalue weighted by molar-refractivity contribution is 5.98. The van der Waals surface area contributed by atoms with E-state index < -0.39 is 11.4 Å². The maximum atomic E-state index is 12.0. The largest absolute Gasteiger partial charge is 0.492 e. The second-order valence-electron chi connectivity index (χ2n) is 6.61. The first-order valence-electron chi connectivity index (χ1n) is 7.31. The number of amides is 1. The quantitative estimate of drug-likeness (QED) is 0.846. The minimum atomic E-state index is -0.516. The number of ether oxygens (including phenoxy) is 2. The molecule has 1 rings (SSSR count). The van der Waals surface area contributed by atoms with Crippen LogP contribution in [-0.4, -0.2) is 25.6 Å². The van der Waals surface area contributed by atoms with E-state index in [2.05, 4.69) is 5.32 Å². The van der Waals surface area contributed by atoms with E-state index in [0.717, 1.165) is 0 Å². The third-order valence-electron chi connectivity index (χ3n) is 2.90. The van der Waals surface area contributed by atoms with E-state index in [1.807, 2.05) is 34.6 Å². The van der Waals surface area contributed by atoms with Gasteiger partial charge in [-0.2, -0.15) is 0 Å². The van der Waals surface area contributed by atoms with Gasteiger partial charge in [0.25, 0.3) is 0 Å². The number of rotatable bonds is 5. The van der Waals surface area contributed by atoms with Crippen molar-refractivity contribution in [3.05, 3.63) is 23.8 Å². The van der Waals surface area contributed by atoms with Crippen LogP contribution in [0, 0.1) is 11.3 Å². The van der Waals surface area contributed by atoms with Crippen molar-refractivity contribution in [3.63, 3.8) is 0 Å². The summed E-state index contributed by atoms with van der Waals surface area (Å²) in [5.74, 6) is 0.171. The Labute approximate surface area is 132 Å². The summed E-state index contributed by atoms with van der Waals surface area (Å²) >= 11 is 0. The molecule has 1 N–H and O–H groups in total. The van der Waals surface area contributed by atoms with Crippen LogP contribution in [0.15, 0.2) is 18.2 Å². The van der Waals surface area contributed by atoms with Crippen molar-refractivity contribution >= 4 is 17.6 Å². The molecule has 0 atom stereocenters. The van der Waals surface area contributed by atoms with Crippen LogP contribution in [0.5, 0.6) is 5.75 Å². The molecule has 0 fully saturated rings. The summed E-state index contributed by atoms with van der Waals surface area (Å²) in [7, 11) is 1.31. The fourth-order valence-corrected chi connectivity index (χ4v) is 1.58. The minimum absolute atomic E-state index is 0.126. The number of hydrogen-bond donors (Lipinski definition) is 1. The molecular weight excluding hydrogens is 282 g/mol. The van der Waals surface area contributed by atoms with Gasteiger partial charge in [0.15, 0.2) is 0 Å². The highest BCUT2D eigenvalue weighted by Crippen LogP contribution is 2.25. The second-order valence-corrected chi connectivity index (χ2v) is 6.61. The van der Waals surface area contributed by atoms with Crippen molar-refractivity contribution in [1.29, 1.82) is 0 Å². The number of methoxy groups -OCH3 is 1. The average Bonchev–Trinajstić information content (AvgIpc) is 2.43. The summed E-state index contributed by atoms with van der Waals surface area (Å²) in [5, 5.41) is 2.79. The number of anilines is 1. The van der Waals surface area contributed by atoms with Gasteiger partial charge in [-0.25, -0.2) is 4.79 Å². The molecule has 0 saturated carbocycles. The topological polar surface area (TPSA) is 64.6 Å². The Morgan fingerprint density at radius 2 is 1.86 bits per heavy atom. The molecule has 0 aromatic heterocycles. The van der Waals surface area contributed by atoms with E-state index in [1.165, 1.54) is 7.11 Å². The lowest BCUT2D eigenvalue weighted by Gasteiger charge is -2.19. The van der Waals surface area contributed by atoms with Gasteiger partial charge in [0, 0.05) is 11.1 Å². The monoisotopic (exact) mass is 307 g/mol. The molecule has 5 heteroatoms. The van der Waals surface area contributed by atoms with E-state index in [0.29, 0.717) is 29.5 Å². The summed E-state index contributed by atoms with van der Waals surface area (Å²) in [4.78, 5) is 23.9. The average molecular weight is 307 g/mol. The maximum Gasteiger partial charge on any atom is 0.341 e. The number of hydrogen-bond acceptors (Lipinski definition) is 4. The highest BCUT2D eigenvalue weighted by Gasteiger charge is 2.22. The number of nitrogens with one attached hydrogen (secondary N) is 1. The molecule has 22 heavy (non-hydrogen) atoms. The van der Waals surface area contributed by atoms with Gasteiger partial charge in [-0.15, -0.1) is 0 Å². The van der Waals surface area contributed by atoms with Gasteiger partial charge in [-0.3, -0.25) is 4.79 Å². The highest BCUT2D eigenvalue weighted by atomic mass is 16.5. The van der Waals surface area contributed by atoms with Crippen LogP contribution in [0.3, 0.4) is 0 Å². The zero-order valence-corrected chi connectivity index (χ0v) is 14.1. The van der Waals surface area contributed by atoms with Crippen molar-refractivity contribution in [2.45, 2.75) is 34.6 Å². The Morgan fingerprint density at radius 3 is 2.36 bits per heavy atom. The van der Waals surface area contributed by atoms with Gasteiger partial charge < -0.3 is 14.8 Å². The lowest BCUT2D eigenvalue weighted by atomic mass is 9.95. The van der Waals surface area contributed by atoms with Crippen molar-refractivity contribution in [1.82, 2.24) is 0 Å². The first-order valence-corrected chi connectivity index (χ1v) is 7.31. The van der Waals surface area contributed by atoms with Crippen LogP contribution < -0.4 is 10.1 Å². The SMILES string of the molecule is COC(=O)c1cc(NC(=O)C(C)(C)C)ccc1OCC(C)C. The van der Waals surface area contributed by atoms with Crippen LogP contribution >= 0.6 is 0 Å². The van der Waals surface area contributed by atoms with Gasteiger partial charge in [0.2, 0.25) is 5.91 Å². The van der Waals surface area contributed by atoms with E-state index in [1.54, 1.807) is 18.2 Å². The molecular formula is C17H25NO4. The Morgan fingerprint density at radius 1 is 1.23 bits per heavy atom. The molecule has 0 heterocycles. The van der Waals surface area contributed by atoms with Crippen LogP contribution in [-0.2, 0) is 9.53 Å². The van der Waals surface area contributed by atoms with Crippen molar-refractivity contribution in [2.75, 3.05) is 19.0 Å². The van der Waals surface area contributed by atoms with Crippen LogP contribution in [0.4, 0.5) is 5.69 Å². The lowest BCUT2D eigenvalue weighted by Crippen LogP contribution is -2.27. The molecule has 0 aliphatic rings. The molecule has 0 bridgehead atoms. The molecule has 1 aromatic rings. The van der Waals surface area contributed by atoms with E-state index >= 15 is 0 Å². The zero-order valence-electron chi connectivity index (χ0n) is 14.1. The number of benzene rings is 1. The molecule has 122 valence electrons. The molecule has 0 unspecified atom stereocenters. The Hall–Kier alpha value is -2.04. The molecule has 5 nitrogen and oxygen atoms in total. The van der Waals surface area contributed by atoms with E-state index in [-0.39, 0.29) is 5.91 Å². The third-order valence-corrected chi connectivity index (χ3v) is 2.90. The molecule has 1 aromatic carbocycles. The molecule has 0 spiro atoms. The lowest BCUT2D eigenvalue weighted by molar-refractivity contribution is -0.123. The van der Waals surface area contributed by atoms with Crippen molar-refractivity contribution in [2.24, 2.45) is 11.3 Å². The molecule has 0 aliphatic heterocycles. The van der Waals surface area contributed by atoms with Gasteiger partial charge in [0.1, 0.15) is 11.3 Å². The summed E-state index contributed by atoms with van der Waals surface area (Å²) in [6.45, 7) is 10.0. The van der Waals surface area contributed by atoms with Gasteiger partial charge >= 0.3 is 5.97 Å². The number of carbonyl (C=O) groups is 2. The summed E-state index contributed by atoms with van der Waals surface area (Å²) in [5.41, 5.74) is 0.324.